The molecule has 2 nitrogen and oxygen atoms in total. The van der Waals surface area contributed by atoms with Crippen molar-refractivity contribution < 1.29 is 18.0 Å². The molecule has 1 N–H and O–H groups in total. The quantitative estimate of drug-likeness (QED) is 0.665. The molecule has 0 aliphatic heterocycles. The predicted octanol–water partition coefficient (Wildman–Crippen LogP) is 3.24. The van der Waals surface area contributed by atoms with Crippen LogP contribution in [0.25, 0.3) is 0 Å². The van der Waals surface area contributed by atoms with Crippen LogP contribution in [-0.2, 0) is 0 Å². The molecule has 0 spiro atoms. The van der Waals surface area contributed by atoms with E-state index < -0.39 is 28.9 Å². The topological polar surface area (TPSA) is 29.1 Å². The number of amides is 1. The van der Waals surface area contributed by atoms with E-state index in [-0.39, 0.29) is 11.4 Å². The first-order valence-electron chi connectivity index (χ1n) is 5.41. The Balaban J connectivity index is 2.82. The SMILES string of the molecule is CC(Cl)CC(C)NC(=O)c1ccc(F)c(F)c1F. The lowest BCUT2D eigenvalue weighted by Gasteiger charge is -2.15. The van der Waals surface area contributed by atoms with Crippen LogP contribution in [-0.4, -0.2) is 17.3 Å². The van der Waals surface area contributed by atoms with E-state index in [9.17, 15) is 18.0 Å². The van der Waals surface area contributed by atoms with Gasteiger partial charge < -0.3 is 5.32 Å². The van der Waals surface area contributed by atoms with Crippen molar-refractivity contribution in [2.75, 3.05) is 0 Å². The van der Waals surface area contributed by atoms with Gasteiger partial charge in [-0.05, 0) is 32.4 Å². The number of benzene rings is 1. The zero-order chi connectivity index (χ0) is 13.9. The highest BCUT2D eigenvalue weighted by Crippen LogP contribution is 2.15. The monoisotopic (exact) mass is 279 g/mol. The van der Waals surface area contributed by atoms with Gasteiger partial charge in [-0.15, -0.1) is 11.6 Å². The summed E-state index contributed by atoms with van der Waals surface area (Å²) in [4.78, 5) is 11.6. The fourth-order valence-corrected chi connectivity index (χ4v) is 1.82. The molecule has 1 aromatic rings. The second kappa shape index (κ2) is 6.09. The van der Waals surface area contributed by atoms with E-state index in [1.807, 2.05) is 0 Å². The van der Waals surface area contributed by atoms with Gasteiger partial charge in [0.05, 0.1) is 5.56 Å². The lowest BCUT2D eigenvalue weighted by atomic mass is 10.1. The van der Waals surface area contributed by atoms with Crippen LogP contribution in [0.3, 0.4) is 0 Å². The number of alkyl halides is 1. The van der Waals surface area contributed by atoms with Crippen molar-refractivity contribution in [1.29, 1.82) is 0 Å². The van der Waals surface area contributed by atoms with Gasteiger partial charge in [-0.2, -0.15) is 0 Å². The zero-order valence-electron chi connectivity index (χ0n) is 9.94. The standard InChI is InChI=1S/C12H13ClF3NO/c1-6(13)5-7(2)17-12(18)8-3-4-9(14)11(16)10(8)15/h3-4,6-7H,5H2,1-2H3,(H,17,18). The maximum Gasteiger partial charge on any atom is 0.254 e. The van der Waals surface area contributed by atoms with E-state index in [2.05, 4.69) is 5.32 Å². The van der Waals surface area contributed by atoms with Crippen molar-refractivity contribution in [2.45, 2.75) is 31.7 Å². The molecule has 0 aliphatic rings. The summed E-state index contributed by atoms with van der Waals surface area (Å²) in [7, 11) is 0. The van der Waals surface area contributed by atoms with E-state index >= 15 is 0 Å². The van der Waals surface area contributed by atoms with Gasteiger partial charge in [-0.25, -0.2) is 13.2 Å². The van der Waals surface area contributed by atoms with Gasteiger partial charge in [0.15, 0.2) is 17.5 Å². The van der Waals surface area contributed by atoms with Crippen LogP contribution in [0.1, 0.15) is 30.6 Å². The molecule has 1 amide bonds. The van der Waals surface area contributed by atoms with Crippen molar-refractivity contribution in [3.8, 4) is 0 Å². The summed E-state index contributed by atoms with van der Waals surface area (Å²) in [5.74, 6) is -5.26. The number of carbonyl (C=O) groups excluding carboxylic acids is 1. The van der Waals surface area contributed by atoms with Crippen molar-refractivity contribution in [1.82, 2.24) is 5.32 Å². The maximum absolute atomic E-state index is 13.3. The third-order valence-corrected chi connectivity index (χ3v) is 2.51. The summed E-state index contributed by atoms with van der Waals surface area (Å²) >= 11 is 5.74. The first-order chi connectivity index (χ1) is 8.32. The minimum atomic E-state index is -1.65. The maximum atomic E-state index is 13.3. The van der Waals surface area contributed by atoms with Crippen LogP contribution in [0.5, 0.6) is 0 Å². The Kier molecular flexibility index (Phi) is 5.02. The van der Waals surface area contributed by atoms with Gasteiger partial charge in [0, 0.05) is 11.4 Å². The number of nitrogens with one attached hydrogen (secondary N) is 1. The fourth-order valence-electron chi connectivity index (χ4n) is 1.55. The Hall–Kier alpha value is -1.23. The summed E-state index contributed by atoms with van der Waals surface area (Å²) in [5, 5.41) is 2.31. The molecule has 0 aromatic heterocycles. The van der Waals surface area contributed by atoms with Crippen LogP contribution in [0, 0.1) is 17.5 Å². The Bertz CT molecular complexity index is 451. The third-order valence-electron chi connectivity index (χ3n) is 2.34. The average Bonchev–Trinajstić information content (AvgIpc) is 2.24. The lowest BCUT2D eigenvalue weighted by Crippen LogP contribution is -2.34. The van der Waals surface area contributed by atoms with E-state index in [4.69, 9.17) is 11.6 Å². The van der Waals surface area contributed by atoms with Gasteiger partial charge in [0.2, 0.25) is 0 Å². The Labute approximate surface area is 108 Å². The number of carbonyl (C=O) groups is 1. The summed E-state index contributed by atoms with van der Waals surface area (Å²) in [6, 6.07) is 1.32. The third kappa shape index (κ3) is 3.63. The number of hydrogen-bond donors (Lipinski definition) is 1. The molecule has 0 heterocycles. The van der Waals surface area contributed by atoms with Crippen LogP contribution in [0.15, 0.2) is 12.1 Å². The molecular formula is C12H13ClF3NO. The Morgan fingerprint density at radius 2 is 1.89 bits per heavy atom. The zero-order valence-corrected chi connectivity index (χ0v) is 10.7. The molecule has 0 radical (unpaired) electrons. The minimum absolute atomic E-state index is 0.157. The highest BCUT2D eigenvalue weighted by Gasteiger charge is 2.20. The molecule has 0 saturated carbocycles. The first kappa shape index (κ1) is 14.8. The fraction of sp³-hybridized carbons (Fsp3) is 0.417. The molecule has 0 aliphatic carbocycles. The smallest absolute Gasteiger partial charge is 0.254 e. The van der Waals surface area contributed by atoms with Crippen molar-refractivity contribution in [3.63, 3.8) is 0 Å². The van der Waals surface area contributed by atoms with Gasteiger partial charge in [0.1, 0.15) is 0 Å². The second-order valence-corrected chi connectivity index (χ2v) is 4.86. The van der Waals surface area contributed by atoms with Gasteiger partial charge in [-0.3, -0.25) is 4.79 Å². The van der Waals surface area contributed by atoms with Crippen LogP contribution >= 0.6 is 11.6 Å². The summed E-state index contributed by atoms with van der Waals surface area (Å²) in [6.07, 6.45) is 0.485. The van der Waals surface area contributed by atoms with Crippen molar-refractivity contribution >= 4 is 17.5 Å². The molecule has 18 heavy (non-hydrogen) atoms. The Morgan fingerprint density at radius 1 is 1.28 bits per heavy atom. The number of halogens is 4. The molecular weight excluding hydrogens is 267 g/mol. The normalized spacial score (nSPS) is 14.1. The van der Waals surface area contributed by atoms with Crippen molar-refractivity contribution in [2.24, 2.45) is 0 Å². The molecule has 6 heteroatoms. The summed E-state index contributed by atoms with van der Waals surface area (Å²) in [6.45, 7) is 3.44. The predicted molar refractivity (Wildman–Crippen MR) is 63.2 cm³/mol. The lowest BCUT2D eigenvalue weighted by molar-refractivity contribution is 0.0933. The first-order valence-corrected chi connectivity index (χ1v) is 5.85. The molecule has 100 valence electrons. The van der Waals surface area contributed by atoms with Gasteiger partial charge in [0.25, 0.3) is 5.91 Å². The largest absolute Gasteiger partial charge is 0.349 e. The van der Waals surface area contributed by atoms with E-state index in [0.29, 0.717) is 12.5 Å². The number of hydrogen-bond acceptors (Lipinski definition) is 1. The van der Waals surface area contributed by atoms with Gasteiger partial charge >= 0.3 is 0 Å². The highest BCUT2D eigenvalue weighted by atomic mass is 35.5. The summed E-state index contributed by atoms with van der Waals surface area (Å²) < 4.78 is 39.0. The minimum Gasteiger partial charge on any atom is -0.349 e. The van der Waals surface area contributed by atoms with Crippen molar-refractivity contribution in [3.05, 3.63) is 35.1 Å². The highest BCUT2D eigenvalue weighted by molar-refractivity contribution is 6.20. The number of rotatable bonds is 4. The Morgan fingerprint density at radius 3 is 2.44 bits per heavy atom. The molecule has 2 atom stereocenters. The van der Waals surface area contributed by atoms with Crippen LogP contribution < -0.4 is 5.32 Å². The van der Waals surface area contributed by atoms with E-state index in [1.54, 1.807) is 13.8 Å². The molecule has 0 saturated heterocycles. The van der Waals surface area contributed by atoms with E-state index in [1.165, 1.54) is 0 Å². The molecule has 2 unspecified atom stereocenters. The van der Waals surface area contributed by atoms with E-state index in [0.717, 1.165) is 6.07 Å². The van der Waals surface area contributed by atoms with Gasteiger partial charge in [-0.1, -0.05) is 0 Å². The molecule has 0 fully saturated rings. The molecule has 0 bridgehead atoms. The molecule has 1 aromatic carbocycles. The molecule has 1 rings (SSSR count). The average molecular weight is 280 g/mol. The second-order valence-electron chi connectivity index (χ2n) is 4.11. The summed E-state index contributed by atoms with van der Waals surface area (Å²) in [5.41, 5.74) is -0.525. The van der Waals surface area contributed by atoms with Crippen LogP contribution in [0.4, 0.5) is 13.2 Å². The van der Waals surface area contributed by atoms with Crippen LogP contribution in [0.2, 0.25) is 0 Å².